The number of hydrogen-bond acceptors (Lipinski definition) is 7. The highest BCUT2D eigenvalue weighted by Crippen LogP contribution is 2.29. The van der Waals surface area contributed by atoms with Crippen molar-refractivity contribution in [3.8, 4) is 16.8 Å². The number of thiophene rings is 1. The van der Waals surface area contributed by atoms with E-state index >= 15 is 0 Å². The molecule has 0 spiro atoms. The van der Waals surface area contributed by atoms with Gasteiger partial charge in [-0.05, 0) is 29.1 Å². The third-order valence-corrected chi connectivity index (χ3v) is 6.97. The van der Waals surface area contributed by atoms with Crippen LogP contribution in [-0.2, 0) is 18.8 Å². The molecule has 0 bridgehead atoms. The summed E-state index contributed by atoms with van der Waals surface area (Å²) in [5.41, 5.74) is 1.56. The summed E-state index contributed by atoms with van der Waals surface area (Å²) in [5, 5.41) is 21.4. The predicted molar refractivity (Wildman–Crippen MR) is 130 cm³/mol. The highest BCUT2D eigenvalue weighted by Gasteiger charge is 2.18. The van der Waals surface area contributed by atoms with Crippen molar-refractivity contribution in [3.63, 3.8) is 0 Å². The van der Waals surface area contributed by atoms with E-state index in [0.29, 0.717) is 29.0 Å². The summed E-state index contributed by atoms with van der Waals surface area (Å²) < 4.78 is 3.52. The Hall–Kier alpha value is -3.74. The fourth-order valence-corrected chi connectivity index (χ4v) is 5.18. The molecular formula is C24H18N6OS2. The first kappa shape index (κ1) is 21.1. The standard InChI is InChI=1S/C24H18N6OS2/c25-12-13-29-21(26-19-10-5-4-9-18(19)23(29)31)16-33-24-28-27-22(20-11-6-14-32-20)30(24)15-17-7-2-1-3-8-17/h1-11,14H,13,15-16H2. The third kappa shape index (κ3) is 4.31. The van der Waals surface area contributed by atoms with Gasteiger partial charge in [0.15, 0.2) is 11.0 Å². The SMILES string of the molecule is N#CCn1c(CSc2nnc(-c3cccs3)n2Cc2ccccc2)nc2ccccc2c1=O. The van der Waals surface area contributed by atoms with Gasteiger partial charge in [-0.1, -0.05) is 60.3 Å². The van der Waals surface area contributed by atoms with E-state index in [1.54, 1.807) is 23.5 Å². The van der Waals surface area contributed by atoms with Gasteiger partial charge in [-0.2, -0.15) is 5.26 Å². The van der Waals surface area contributed by atoms with Crippen LogP contribution >= 0.6 is 23.1 Å². The second-order valence-corrected chi connectivity index (χ2v) is 9.13. The van der Waals surface area contributed by atoms with Gasteiger partial charge in [-0.25, -0.2) is 4.98 Å². The second kappa shape index (κ2) is 9.40. The Morgan fingerprint density at radius 2 is 1.79 bits per heavy atom. The van der Waals surface area contributed by atoms with E-state index in [2.05, 4.69) is 38.0 Å². The summed E-state index contributed by atoms with van der Waals surface area (Å²) in [6, 6.07) is 23.5. The van der Waals surface area contributed by atoms with Gasteiger partial charge in [0.25, 0.3) is 5.56 Å². The molecule has 33 heavy (non-hydrogen) atoms. The van der Waals surface area contributed by atoms with Gasteiger partial charge in [0.2, 0.25) is 0 Å². The van der Waals surface area contributed by atoms with Gasteiger partial charge < -0.3 is 0 Å². The summed E-state index contributed by atoms with van der Waals surface area (Å²) in [6.07, 6.45) is 0. The maximum atomic E-state index is 12.9. The molecule has 3 aromatic heterocycles. The molecule has 0 aliphatic heterocycles. The van der Waals surface area contributed by atoms with Crippen LogP contribution < -0.4 is 5.56 Å². The number of fused-ring (bicyclic) bond motifs is 1. The zero-order chi connectivity index (χ0) is 22.6. The van der Waals surface area contributed by atoms with Crippen LogP contribution in [0.15, 0.2) is 82.1 Å². The molecular weight excluding hydrogens is 452 g/mol. The smallest absolute Gasteiger partial charge is 0.262 e. The lowest BCUT2D eigenvalue weighted by molar-refractivity contribution is 0.709. The molecule has 0 saturated carbocycles. The minimum atomic E-state index is -0.206. The van der Waals surface area contributed by atoms with Crippen LogP contribution in [0.25, 0.3) is 21.6 Å². The lowest BCUT2D eigenvalue weighted by Gasteiger charge is -2.12. The molecule has 0 atom stereocenters. The van der Waals surface area contributed by atoms with Crippen molar-refractivity contribution in [3.05, 3.63) is 93.9 Å². The number of aromatic nitrogens is 5. The molecule has 0 N–H and O–H groups in total. The van der Waals surface area contributed by atoms with Crippen LogP contribution in [0.1, 0.15) is 11.4 Å². The maximum absolute atomic E-state index is 12.9. The van der Waals surface area contributed by atoms with E-state index in [4.69, 9.17) is 0 Å². The number of para-hydroxylation sites is 1. The van der Waals surface area contributed by atoms with E-state index in [-0.39, 0.29) is 12.1 Å². The Bertz CT molecular complexity index is 1500. The Morgan fingerprint density at radius 1 is 0.970 bits per heavy atom. The molecule has 0 aliphatic rings. The van der Waals surface area contributed by atoms with E-state index in [1.807, 2.05) is 47.8 Å². The Kier molecular flexibility index (Phi) is 6.02. The summed E-state index contributed by atoms with van der Waals surface area (Å²) in [4.78, 5) is 18.7. The highest BCUT2D eigenvalue weighted by molar-refractivity contribution is 7.98. The van der Waals surface area contributed by atoms with E-state index in [9.17, 15) is 10.1 Å². The number of thioether (sulfide) groups is 1. The van der Waals surface area contributed by atoms with Gasteiger partial charge in [0, 0.05) is 0 Å². The van der Waals surface area contributed by atoms with Crippen LogP contribution in [0, 0.1) is 11.3 Å². The van der Waals surface area contributed by atoms with Crippen LogP contribution in [0.4, 0.5) is 0 Å². The van der Waals surface area contributed by atoms with E-state index < -0.39 is 0 Å². The van der Waals surface area contributed by atoms with E-state index in [0.717, 1.165) is 21.4 Å². The van der Waals surface area contributed by atoms with Crippen LogP contribution in [0.2, 0.25) is 0 Å². The molecule has 0 unspecified atom stereocenters. The Morgan fingerprint density at radius 3 is 2.58 bits per heavy atom. The Labute approximate surface area is 198 Å². The highest BCUT2D eigenvalue weighted by atomic mass is 32.2. The molecule has 162 valence electrons. The van der Waals surface area contributed by atoms with Crippen LogP contribution in [0.5, 0.6) is 0 Å². The molecule has 9 heteroatoms. The van der Waals surface area contributed by atoms with E-state index in [1.165, 1.54) is 16.3 Å². The molecule has 2 aromatic carbocycles. The number of rotatable bonds is 7. The summed E-state index contributed by atoms with van der Waals surface area (Å²) in [7, 11) is 0. The number of benzene rings is 2. The normalized spacial score (nSPS) is 11.0. The summed E-state index contributed by atoms with van der Waals surface area (Å²) in [5.74, 6) is 1.73. The molecule has 7 nitrogen and oxygen atoms in total. The summed E-state index contributed by atoms with van der Waals surface area (Å²) in [6.45, 7) is 0.573. The number of hydrogen-bond donors (Lipinski definition) is 0. The van der Waals surface area contributed by atoms with Crippen molar-refractivity contribution >= 4 is 34.0 Å². The van der Waals surface area contributed by atoms with Crippen LogP contribution in [-0.4, -0.2) is 24.3 Å². The van der Waals surface area contributed by atoms with Crippen molar-refractivity contribution < 1.29 is 0 Å². The molecule has 0 radical (unpaired) electrons. The minimum absolute atomic E-state index is 0.0519. The zero-order valence-electron chi connectivity index (χ0n) is 17.5. The van der Waals surface area contributed by atoms with Crippen molar-refractivity contribution in [2.45, 2.75) is 24.0 Å². The number of nitriles is 1. The van der Waals surface area contributed by atoms with Gasteiger partial charge in [0.1, 0.15) is 12.4 Å². The minimum Gasteiger partial charge on any atom is -0.297 e. The van der Waals surface area contributed by atoms with Gasteiger partial charge >= 0.3 is 0 Å². The average Bonchev–Trinajstić information content (AvgIpc) is 3.51. The van der Waals surface area contributed by atoms with Crippen molar-refractivity contribution in [1.29, 1.82) is 5.26 Å². The predicted octanol–water partition coefficient (Wildman–Crippen LogP) is 4.58. The fourth-order valence-electron chi connectivity index (χ4n) is 3.58. The van der Waals surface area contributed by atoms with Crippen molar-refractivity contribution in [2.75, 3.05) is 0 Å². The average molecular weight is 471 g/mol. The van der Waals surface area contributed by atoms with Crippen molar-refractivity contribution in [2.24, 2.45) is 0 Å². The van der Waals surface area contributed by atoms with Crippen LogP contribution in [0.3, 0.4) is 0 Å². The first-order chi connectivity index (χ1) is 16.2. The molecule has 0 saturated heterocycles. The first-order valence-corrected chi connectivity index (χ1v) is 12.1. The molecule has 3 heterocycles. The third-order valence-electron chi connectivity index (χ3n) is 5.14. The largest absolute Gasteiger partial charge is 0.297 e. The maximum Gasteiger partial charge on any atom is 0.262 e. The molecule has 0 fully saturated rings. The Balaban J connectivity index is 1.51. The fraction of sp³-hybridized carbons (Fsp3) is 0.125. The monoisotopic (exact) mass is 470 g/mol. The molecule has 0 amide bonds. The van der Waals surface area contributed by atoms with Gasteiger partial charge in [0.05, 0.1) is 34.1 Å². The molecule has 5 rings (SSSR count). The lowest BCUT2D eigenvalue weighted by atomic mass is 10.2. The number of nitrogens with zero attached hydrogens (tertiary/aromatic N) is 6. The lowest BCUT2D eigenvalue weighted by Crippen LogP contribution is -2.24. The topological polar surface area (TPSA) is 89.4 Å². The van der Waals surface area contributed by atoms with Gasteiger partial charge in [-0.15, -0.1) is 21.5 Å². The molecule has 5 aromatic rings. The summed E-state index contributed by atoms with van der Waals surface area (Å²) >= 11 is 3.07. The zero-order valence-corrected chi connectivity index (χ0v) is 19.1. The van der Waals surface area contributed by atoms with Crippen molar-refractivity contribution in [1.82, 2.24) is 24.3 Å². The molecule has 0 aliphatic carbocycles. The van der Waals surface area contributed by atoms with Gasteiger partial charge in [-0.3, -0.25) is 13.9 Å². The first-order valence-electron chi connectivity index (χ1n) is 10.2. The second-order valence-electron chi connectivity index (χ2n) is 7.24. The quantitative estimate of drug-likeness (QED) is 0.324.